The van der Waals surface area contributed by atoms with Crippen molar-refractivity contribution in [1.29, 1.82) is 0 Å². The predicted octanol–water partition coefficient (Wildman–Crippen LogP) is 6.28. The van der Waals surface area contributed by atoms with Crippen molar-refractivity contribution in [2.24, 2.45) is 0 Å². The van der Waals surface area contributed by atoms with Crippen LogP contribution in [0.1, 0.15) is 117 Å². The number of nitrogens with zero attached hydrogens (tertiary/aromatic N) is 3. The first-order valence-electron chi connectivity index (χ1n) is 27.2. The molecule has 0 radical (unpaired) electrons. The van der Waals surface area contributed by atoms with Crippen molar-refractivity contribution < 1.29 is 53.0 Å². The van der Waals surface area contributed by atoms with E-state index >= 15 is 0 Å². The van der Waals surface area contributed by atoms with Crippen LogP contribution in [0.25, 0.3) is 11.1 Å². The van der Waals surface area contributed by atoms with Gasteiger partial charge >= 0.3 is 7.12 Å². The molecule has 0 aliphatic carbocycles. The van der Waals surface area contributed by atoms with Gasteiger partial charge in [-0.3, -0.25) is 24.0 Å². The average Bonchev–Trinajstić information content (AvgIpc) is 1.87. The highest BCUT2D eigenvalue weighted by atomic mass is 79.9. The quantitative estimate of drug-likeness (QED) is 0.0565. The third-order valence-electron chi connectivity index (χ3n) is 14.4. The van der Waals surface area contributed by atoms with Crippen LogP contribution in [0.5, 0.6) is 0 Å². The maximum Gasteiger partial charge on any atom is 0.488 e. The molecular weight excluding hydrogens is 1220 g/mol. The highest BCUT2D eigenvalue weighted by molar-refractivity contribution is 9.10. The van der Waals surface area contributed by atoms with Gasteiger partial charge in [-0.1, -0.05) is 65.7 Å². The summed E-state index contributed by atoms with van der Waals surface area (Å²) in [6.07, 6.45) is 9.35. The normalized spacial score (nSPS) is 16.9. The molecule has 3 aliphatic heterocycles. The Hall–Kier alpha value is -8.10. The van der Waals surface area contributed by atoms with Crippen LogP contribution >= 0.6 is 39.1 Å². The van der Waals surface area contributed by atoms with Crippen LogP contribution in [0.4, 0.5) is 26.2 Å². The van der Waals surface area contributed by atoms with Gasteiger partial charge in [0.05, 0.1) is 40.9 Å². The molecule has 450 valence electrons. The monoisotopic (exact) mass is 1280 g/mol. The molecule has 26 heteroatoms. The smallest absolute Gasteiger partial charge is 0.423 e. The van der Waals surface area contributed by atoms with Crippen LogP contribution in [0.2, 0.25) is 10.0 Å². The number of anilines is 3. The van der Waals surface area contributed by atoms with Crippen molar-refractivity contribution >= 4 is 98.7 Å². The van der Waals surface area contributed by atoms with Gasteiger partial charge in [-0.05, 0) is 141 Å². The molecule has 3 aliphatic rings. The Morgan fingerprint density at radius 3 is 1.49 bits per heavy atom. The SMILES string of the molecule is Nc1ccc(C2CCC(=O)NC2)cn1.Nc1ncc(C2CCC(=O)NC2)cc1-c1ccc(C(=O)N[C@H](CO)c2cccc(Cl)c2)c(F)c1.Nc1ncc(C2CCC(=O)NC2)cc1Br.O=C(N[C@H](CO)c1cccc(Cl)c1)c1ccc(B(O)O)cc1F. The minimum Gasteiger partial charge on any atom is -0.423 e. The molecule has 0 spiro atoms. The molecule has 86 heavy (non-hydrogen) atoms. The molecule has 6 heterocycles. The lowest BCUT2D eigenvalue weighted by atomic mass is 9.80. The van der Waals surface area contributed by atoms with Crippen molar-refractivity contribution in [3.05, 3.63) is 193 Å². The molecule has 15 N–H and O–H groups in total. The van der Waals surface area contributed by atoms with Gasteiger partial charge in [0.2, 0.25) is 17.7 Å². The van der Waals surface area contributed by atoms with Crippen LogP contribution in [-0.2, 0) is 14.4 Å². The Kier molecular flexibility index (Phi) is 23.9. The molecule has 4 aromatic carbocycles. The number of aliphatic hydroxyl groups excluding tert-OH is 2. The third-order valence-corrected chi connectivity index (χ3v) is 15.5. The van der Waals surface area contributed by atoms with Crippen LogP contribution in [0, 0.1) is 11.6 Å². The fraction of sp³-hybridized carbons (Fsp3) is 0.267. The minimum atomic E-state index is -1.82. The van der Waals surface area contributed by atoms with E-state index in [1.807, 2.05) is 18.2 Å². The molecule has 0 saturated carbocycles. The summed E-state index contributed by atoms with van der Waals surface area (Å²) in [4.78, 5) is 70.7. The Morgan fingerprint density at radius 1 is 0.605 bits per heavy atom. The van der Waals surface area contributed by atoms with E-state index in [4.69, 9.17) is 50.5 Å². The van der Waals surface area contributed by atoms with Crippen LogP contribution in [0.3, 0.4) is 0 Å². The molecular formula is C60H63BBrCl2F2N11O9. The van der Waals surface area contributed by atoms with Crippen LogP contribution in [0.15, 0.2) is 132 Å². The third kappa shape index (κ3) is 18.5. The van der Waals surface area contributed by atoms with E-state index in [0.717, 1.165) is 46.1 Å². The maximum atomic E-state index is 15.0. The second-order valence-electron chi connectivity index (χ2n) is 20.3. The van der Waals surface area contributed by atoms with Gasteiger partial charge in [0.25, 0.3) is 11.8 Å². The lowest BCUT2D eigenvalue weighted by Gasteiger charge is -2.23. The van der Waals surface area contributed by atoms with Gasteiger partial charge in [0.1, 0.15) is 29.1 Å². The number of halogens is 5. The maximum absolute atomic E-state index is 15.0. The van der Waals surface area contributed by atoms with Gasteiger partial charge in [-0.2, -0.15) is 0 Å². The van der Waals surface area contributed by atoms with E-state index in [0.29, 0.717) is 101 Å². The van der Waals surface area contributed by atoms with E-state index in [-0.39, 0.29) is 59.3 Å². The molecule has 5 atom stereocenters. The molecule has 3 unspecified atom stereocenters. The lowest BCUT2D eigenvalue weighted by Crippen LogP contribution is -2.33. The first kappa shape index (κ1) is 65.4. The number of aromatic nitrogens is 3. The summed E-state index contributed by atoms with van der Waals surface area (Å²) in [7, 11) is -1.82. The first-order valence-corrected chi connectivity index (χ1v) is 28.7. The van der Waals surface area contributed by atoms with Crippen LogP contribution in [-0.4, -0.2) is 105 Å². The second kappa shape index (κ2) is 31.3. The number of aliphatic hydroxyl groups is 2. The Bertz CT molecular complexity index is 3510. The molecule has 5 amide bonds. The Labute approximate surface area is 513 Å². The summed E-state index contributed by atoms with van der Waals surface area (Å²) < 4.78 is 29.7. The number of benzene rings is 4. The van der Waals surface area contributed by atoms with Crippen molar-refractivity contribution in [3.8, 4) is 11.1 Å². The highest BCUT2D eigenvalue weighted by Crippen LogP contribution is 2.33. The zero-order chi connectivity index (χ0) is 62.0. The Morgan fingerprint density at radius 2 is 1.07 bits per heavy atom. The number of hydrogen-bond acceptors (Lipinski definition) is 15. The molecule has 0 bridgehead atoms. The number of piperidine rings is 3. The molecule has 7 aromatic rings. The molecule has 3 saturated heterocycles. The predicted molar refractivity (Wildman–Crippen MR) is 328 cm³/mol. The minimum absolute atomic E-state index is 0.0228. The zero-order valence-corrected chi connectivity index (χ0v) is 49.3. The number of nitrogens with one attached hydrogen (secondary N) is 5. The topological polar surface area (TPSA) is 343 Å². The fourth-order valence-corrected chi connectivity index (χ4v) is 10.2. The zero-order valence-electron chi connectivity index (χ0n) is 46.2. The van der Waals surface area contributed by atoms with E-state index in [1.54, 1.807) is 79.3 Å². The number of amides is 5. The average molecular weight is 1280 g/mol. The van der Waals surface area contributed by atoms with Crippen molar-refractivity contribution in [3.63, 3.8) is 0 Å². The second-order valence-corrected chi connectivity index (χ2v) is 22.0. The number of carbonyl (C=O) groups is 5. The number of hydrogen-bond donors (Lipinski definition) is 12. The number of nitrogen functional groups attached to an aromatic ring is 3. The molecule has 3 aromatic heterocycles. The van der Waals surface area contributed by atoms with Crippen molar-refractivity contribution in [2.75, 3.05) is 50.0 Å². The standard InChI is InChI=1S/C25H24ClFN4O3.C15H14BClFNO4.C10H12BrN3O.C10H13N3O/c26-18-3-1-2-15(8-18)22(13-32)31-25(34)19-6-4-14(10-21(19)27)20-9-17(12-30-24(20)28)16-5-7-23(33)29-11-16;17-11-3-1-2-9(6-11)14(8-20)19-15(21)12-5-4-10(16(22)23)7-13(12)18;11-8-3-7(5-14-10(8)12)6-1-2-9(15)13-4-6;11-9-3-1-7(5-12-9)8-2-4-10(14)13-6-8/h1-4,6,8-10,12,16,22,32H,5,7,11,13H2,(H2,28,30)(H,29,33)(H,31,34);1-7,14,20,22-23H,8H2,(H,19,21);3,5-6H,1-2,4H2,(H2,12,14)(H,13,15);1,3,5,8H,2,4,6H2,(H2,11,12)(H,13,14)/t16?,22-;14-;;/m11../s1. The van der Waals surface area contributed by atoms with Gasteiger partial charge in [0, 0.05) is 90.8 Å². The first-order chi connectivity index (χ1) is 41.2. The van der Waals surface area contributed by atoms with E-state index in [2.05, 4.69) is 57.5 Å². The van der Waals surface area contributed by atoms with Gasteiger partial charge in [-0.25, -0.2) is 23.7 Å². The summed E-state index contributed by atoms with van der Waals surface area (Å²) in [6.45, 7) is 1.15. The number of rotatable bonds is 13. The molecule has 20 nitrogen and oxygen atoms in total. The lowest BCUT2D eigenvalue weighted by molar-refractivity contribution is -0.123. The van der Waals surface area contributed by atoms with Gasteiger partial charge in [0.15, 0.2) is 0 Å². The van der Waals surface area contributed by atoms with Crippen LogP contribution < -0.4 is 49.2 Å². The Balaban J connectivity index is 0.000000176. The summed E-state index contributed by atoms with van der Waals surface area (Å²) >= 11 is 15.2. The number of nitrogens with two attached hydrogens (primary N) is 3. The number of carbonyl (C=O) groups excluding carboxylic acids is 5. The summed E-state index contributed by atoms with van der Waals surface area (Å²) in [5, 5.41) is 51.7. The largest absolute Gasteiger partial charge is 0.488 e. The van der Waals surface area contributed by atoms with E-state index in [1.165, 1.54) is 18.2 Å². The summed E-state index contributed by atoms with van der Waals surface area (Å²) in [5.74, 6) is -0.610. The molecule has 3 fully saturated rings. The van der Waals surface area contributed by atoms with E-state index in [9.17, 15) is 43.0 Å². The van der Waals surface area contributed by atoms with Gasteiger partial charge in [-0.15, -0.1) is 0 Å². The molecule has 10 rings (SSSR count). The highest BCUT2D eigenvalue weighted by Gasteiger charge is 2.25. The van der Waals surface area contributed by atoms with Crippen molar-refractivity contribution in [1.82, 2.24) is 41.5 Å². The number of pyridine rings is 3. The summed E-state index contributed by atoms with van der Waals surface area (Å²) in [5.41, 5.74) is 22.1. The van der Waals surface area contributed by atoms with E-state index < -0.39 is 42.7 Å². The summed E-state index contributed by atoms with van der Waals surface area (Å²) in [6, 6.07) is 26.9. The van der Waals surface area contributed by atoms with Gasteiger partial charge < -0.3 is 64.0 Å². The van der Waals surface area contributed by atoms with Crippen molar-refractivity contribution in [2.45, 2.75) is 68.4 Å². The fourth-order valence-electron chi connectivity index (χ4n) is 9.47.